The largest absolute Gasteiger partial charge is 0.398 e. The van der Waals surface area contributed by atoms with Crippen molar-refractivity contribution in [3.63, 3.8) is 0 Å². The van der Waals surface area contributed by atoms with Crippen LogP contribution in [0.15, 0.2) is 51.5 Å². The molecule has 0 fully saturated rings. The van der Waals surface area contributed by atoms with Crippen molar-refractivity contribution in [1.29, 1.82) is 0 Å². The maximum absolute atomic E-state index is 5.97. The Balaban J connectivity index is 1.86. The molecule has 0 saturated heterocycles. The lowest BCUT2D eigenvalue weighted by molar-refractivity contribution is 0.424. The first-order chi connectivity index (χ1) is 10.1. The van der Waals surface area contributed by atoms with Crippen LogP contribution in [0.2, 0.25) is 5.02 Å². The molecule has 2 N–H and O–H groups in total. The number of hydrogen-bond acceptors (Lipinski definition) is 4. The Bertz CT molecular complexity index is 771. The van der Waals surface area contributed by atoms with Gasteiger partial charge in [0, 0.05) is 21.6 Å². The number of benzene rings is 2. The van der Waals surface area contributed by atoms with Gasteiger partial charge in [0.05, 0.1) is 5.56 Å². The maximum atomic E-state index is 5.97. The third-order valence-corrected chi connectivity index (χ3v) is 3.75. The van der Waals surface area contributed by atoms with Gasteiger partial charge in [0.25, 0.3) is 5.89 Å². The van der Waals surface area contributed by atoms with Crippen LogP contribution in [0, 0.1) is 0 Å². The number of rotatable bonds is 3. The average Bonchev–Trinajstić information content (AvgIpc) is 2.92. The van der Waals surface area contributed by atoms with E-state index < -0.39 is 0 Å². The lowest BCUT2D eigenvalue weighted by Crippen LogP contribution is -1.92. The molecule has 3 aromatic rings. The van der Waals surface area contributed by atoms with E-state index in [-0.39, 0.29) is 0 Å². The van der Waals surface area contributed by atoms with Crippen molar-refractivity contribution in [2.45, 2.75) is 6.42 Å². The molecule has 4 nitrogen and oxygen atoms in total. The van der Waals surface area contributed by atoms with Gasteiger partial charge in [-0.2, -0.15) is 4.98 Å². The summed E-state index contributed by atoms with van der Waals surface area (Å²) in [6, 6.07) is 13.1. The van der Waals surface area contributed by atoms with E-state index in [4.69, 9.17) is 21.9 Å². The fourth-order valence-electron chi connectivity index (χ4n) is 1.93. The monoisotopic (exact) mass is 363 g/mol. The molecule has 3 rings (SSSR count). The van der Waals surface area contributed by atoms with E-state index in [2.05, 4.69) is 26.1 Å². The van der Waals surface area contributed by atoms with Gasteiger partial charge in [-0.25, -0.2) is 0 Å². The summed E-state index contributed by atoms with van der Waals surface area (Å²) in [6.07, 6.45) is 0.594. The highest BCUT2D eigenvalue weighted by Gasteiger charge is 2.12. The lowest BCUT2D eigenvalue weighted by Gasteiger charge is -2.00. The first kappa shape index (κ1) is 14.1. The summed E-state index contributed by atoms with van der Waals surface area (Å²) in [7, 11) is 0. The van der Waals surface area contributed by atoms with Crippen LogP contribution in [-0.4, -0.2) is 10.1 Å². The summed E-state index contributed by atoms with van der Waals surface area (Å²) in [5, 5.41) is 4.56. The average molecular weight is 365 g/mol. The van der Waals surface area contributed by atoms with Crippen molar-refractivity contribution in [2.24, 2.45) is 0 Å². The molecule has 0 amide bonds. The lowest BCUT2D eigenvalue weighted by atomic mass is 10.1. The van der Waals surface area contributed by atoms with Crippen LogP contribution in [0.3, 0.4) is 0 Å². The molecule has 6 heteroatoms. The molecule has 21 heavy (non-hydrogen) atoms. The van der Waals surface area contributed by atoms with Gasteiger partial charge in [-0.15, -0.1) is 0 Å². The van der Waals surface area contributed by atoms with Crippen molar-refractivity contribution in [3.05, 3.63) is 63.3 Å². The Morgan fingerprint density at radius 1 is 1.14 bits per heavy atom. The fourth-order valence-corrected chi connectivity index (χ4v) is 2.37. The minimum absolute atomic E-state index is 0.377. The van der Waals surface area contributed by atoms with Gasteiger partial charge in [0.2, 0.25) is 0 Å². The standard InChI is InChI=1S/C15H11BrClN3O/c16-10-3-1-9(2-4-10)7-14-19-15(21-20-14)12-8-11(17)5-6-13(12)18/h1-6,8H,7,18H2. The molecule has 0 aliphatic heterocycles. The Labute approximate surface area is 135 Å². The van der Waals surface area contributed by atoms with Crippen molar-refractivity contribution in [1.82, 2.24) is 10.1 Å². The molecule has 2 aromatic carbocycles. The molecule has 0 radical (unpaired) electrons. The number of nitrogens with two attached hydrogens (primary N) is 1. The van der Waals surface area contributed by atoms with E-state index in [9.17, 15) is 0 Å². The second-order valence-electron chi connectivity index (χ2n) is 4.55. The van der Waals surface area contributed by atoms with Gasteiger partial charge < -0.3 is 10.3 Å². The number of halogens is 2. The van der Waals surface area contributed by atoms with Crippen LogP contribution in [0.4, 0.5) is 5.69 Å². The van der Waals surface area contributed by atoms with E-state index in [1.807, 2.05) is 24.3 Å². The molecule has 0 bridgehead atoms. The predicted octanol–water partition coefficient (Wildman–Crippen LogP) is 4.33. The number of hydrogen-bond donors (Lipinski definition) is 1. The second kappa shape index (κ2) is 5.87. The Hall–Kier alpha value is -1.85. The highest BCUT2D eigenvalue weighted by atomic mass is 79.9. The zero-order chi connectivity index (χ0) is 14.8. The summed E-state index contributed by atoms with van der Waals surface area (Å²) in [6.45, 7) is 0. The zero-order valence-corrected chi connectivity index (χ0v) is 13.2. The van der Waals surface area contributed by atoms with Crippen LogP contribution in [0.1, 0.15) is 11.4 Å². The fraction of sp³-hybridized carbons (Fsp3) is 0.0667. The number of anilines is 1. The van der Waals surface area contributed by atoms with E-state index in [1.54, 1.807) is 18.2 Å². The van der Waals surface area contributed by atoms with Crippen molar-refractivity contribution in [2.75, 3.05) is 5.73 Å². The summed E-state index contributed by atoms with van der Waals surface area (Å²) >= 11 is 9.37. The molecule has 0 aliphatic carbocycles. The van der Waals surface area contributed by atoms with E-state index in [0.717, 1.165) is 10.0 Å². The van der Waals surface area contributed by atoms with Crippen molar-refractivity contribution < 1.29 is 4.52 Å². The topological polar surface area (TPSA) is 64.9 Å². The number of nitrogens with zero attached hydrogens (tertiary/aromatic N) is 2. The highest BCUT2D eigenvalue weighted by molar-refractivity contribution is 9.10. The molecule has 0 unspecified atom stereocenters. The predicted molar refractivity (Wildman–Crippen MR) is 86.1 cm³/mol. The number of nitrogen functional groups attached to an aromatic ring is 1. The van der Waals surface area contributed by atoms with Gasteiger partial charge in [-0.1, -0.05) is 44.8 Å². The quantitative estimate of drug-likeness (QED) is 0.703. The normalized spacial score (nSPS) is 10.8. The molecule has 106 valence electrons. The first-order valence-corrected chi connectivity index (χ1v) is 7.41. The van der Waals surface area contributed by atoms with Gasteiger partial charge in [-0.3, -0.25) is 0 Å². The van der Waals surface area contributed by atoms with E-state index in [1.165, 1.54) is 0 Å². The Kier molecular flexibility index (Phi) is 3.94. The third kappa shape index (κ3) is 3.25. The summed E-state index contributed by atoms with van der Waals surface area (Å²) in [4.78, 5) is 4.37. The molecule has 0 atom stereocenters. The number of aromatic nitrogens is 2. The molecular formula is C15H11BrClN3O. The van der Waals surface area contributed by atoms with Crippen LogP contribution >= 0.6 is 27.5 Å². The maximum Gasteiger partial charge on any atom is 0.260 e. The van der Waals surface area contributed by atoms with Gasteiger partial charge >= 0.3 is 0 Å². The first-order valence-electron chi connectivity index (χ1n) is 6.24. The van der Waals surface area contributed by atoms with Gasteiger partial charge in [0.15, 0.2) is 5.82 Å². The molecule has 1 heterocycles. The summed E-state index contributed by atoms with van der Waals surface area (Å²) in [5.41, 5.74) is 8.21. The highest BCUT2D eigenvalue weighted by Crippen LogP contribution is 2.27. The van der Waals surface area contributed by atoms with Crippen molar-refractivity contribution >= 4 is 33.2 Å². The molecule has 0 aliphatic rings. The molecular weight excluding hydrogens is 354 g/mol. The molecule has 0 saturated carbocycles. The van der Waals surface area contributed by atoms with E-state index >= 15 is 0 Å². The van der Waals surface area contributed by atoms with Crippen LogP contribution < -0.4 is 5.73 Å². The third-order valence-electron chi connectivity index (χ3n) is 2.99. The van der Waals surface area contributed by atoms with Gasteiger partial charge in [-0.05, 0) is 35.9 Å². The molecule has 0 spiro atoms. The minimum Gasteiger partial charge on any atom is -0.398 e. The van der Waals surface area contributed by atoms with Crippen LogP contribution in [-0.2, 0) is 6.42 Å². The van der Waals surface area contributed by atoms with E-state index in [0.29, 0.717) is 34.4 Å². The van der Waals surface area contributed by atoms with Crippen LogP contribution in [0.5, 0.6) is 0 Å². The Morgan fingerprint density at radius 3 is 2.67 bits per heavy atom. The minimum atomic E-state index is 0.377. The zero-order valence-electron chi connectivity index (χ0n) is 10.9. The second-order valence-corrected chi connectivity index (χ2v) is 5.90. The Morgan fingerprint density at radius 2 is 1.90 bits per heavy atom. The SMILES string of the molecule is Nc1ccc(Cl)cc1-c1nc(Cc2ccc(Br)cc2)no1. The summed E-state index contributed by atoms with van der Waals surface area (Å²) < 4.78 is 6.31. The van der Waals surface area contributed by atoms with Gasteiger partial charge in [0.1, 0.15) is 0 Å². The summed E-state index contributed by atoms with van der Waals surface area (Å²) in [5.74, 6) is 0.980. The van der Waals surface area contributed by atoms with Crippen molar-refractivity contribution in [3.8, 4) is 11.5 Å². The van der Waals surface area contributed by atoms with Crippen LogP contribution in [0.25, 0.3) is 11.5 Å². The molecule has 1 aromatic heterocycles. The smallest absolute Gasteiger partial charge is 0.260 e.